The molecular weight excluding hydrogens is 727 g/mol. The van der Waals surface area contributed by atoms with Gasteiger partial charge in [0.2, 0.25) is 0 Å². The topological polar surface area (TPSA) is 16.4 Å². The van der Waals surface area contributed by atoms with Crippen molar-refractivity contribution in [3.05, 3.63) is 199 Å². The van der Waals surface area contributed by atoms with Gasteiger partial charge in [0.25, 0.3) is 0 Å². The maximum atomic E-state index is 6.36. The first-order valence-electron chi connectivity index (χ1n) is 21.1. The Bertz CT molecular complexity index is 3200. The summed E-state index contributed by atoms with van der Waals surface area (Å²) in [6.07, 6.45) is 0. The first kappa shape index (κ1) is 37.4. The Kier molecular flexibility index (Phi) is 8.99. The summed E-state index contributed by atoms with van der Waals surface area (Å²) >= 11 is 0. The number of para-hydroxylation sites is 2. The molecule has 0 aliphatic rings. The Morgan fingerprint density at radius 2 is 0.900 bits per heavy atom. The molecule has 0 aliphatic heterocycles. The zero-order valence-corrected chi connectivity index (χ0v) is 35.3. The number of nitrogens with zero attached hydrogens (tertiary/aromatic N) is 1. The summed E-state index contributed by atoms with van der Waals surface area (Å²) in [4.78, 5) is 2.47. The summed E-state index contributed by atoms with van der Waals surface area (Å²) in [6.45, 7) is 13.9. The van der Waals surface area contributed by atoms with Crippen molar-refractivity contribution in [3.63, 3.8) is 0 Å². The van der Waals surface area contributed by atoms with Crippen LogP contribution in [0.1, 0.15) is 52.7 Å². The second-order valence-corrected chi connectivity index (χ2v) is 18.2. The molecule has 2 nitrogen and oxygen atoms in total. The van der Waals surface area contributed by atoms with Crippen LogP contribution in [0.2, 0.25) is 0 Å². The molecule has 1 heterocycles. The quantitative estimate of drug-likeness (QED) is 0.167. The fourth-order valence-electron chi connectivity index (χ4n) is 8.99. The molecule has 0 N–H and O–H groups in total. The molecule has 0 aliphatic carbocycles. The van der Waals surface area contributed by atoms with E-state index in [2.05, 4.69) is 228 Å². The molecule has 0 fully saturated rings. The molecule has 0 spiro atoms. The molecule has 9 aromatic carbocycles. The van der Waals surface area contributed by atoms with Crippen LogP contribution >= 0.6 is 0 Å². The number of benzene rings is 9. The lowest BCUT2D eigenvalue weighted by Crippen LogP contribution is -2.16. The van der Waals surface area contributed by atoms with Gasteiger partial charge in [-0.2, -0.15) is 0 Å². The molecule has 292 valence electrons. The second kappa shape index (κ2) is 14.4. The molecule has 0 saturated heterocycles. The standard InChI is InChI=1S/C58H49NO/c1-57(2,3)42-34-41(35-43(37-42)58(4,5)6)47-27-14-20-39-21-15-29-49(55(39)47)48-25-9-11-30-52(48)59(51-31-16-19-38-18-7-8-24-45(38)51)44-23-13-22-40(36-44)46-28-17-33-54-56(46)50-26-10-12-32-53(50)60-54/h7-37H,1-6H3. The molecular formula is C58H49NO. The Morgan fingerprint density at radius 3 is 1.67 bits per heavy atom. The number of hydrogen-bond acceptors (Lipinski definition) is 2. The van der Waals surface area contributed by atoms with Gasteiger partial charge in [-0.1, -0.05) is 193 Å². The Labute approximate surface area is 353 Å². The van der Waals surface area contributed by atoms with Crippen LogP contribution in [0.3, 0.4) is 0 Å². The number of hydrogen-bond donors (Lipinski definition) is 0. The number of rotatable bonds is 6. The van der Waals surface area contributed by atoms with Crippen LogP contribution in [-0.2, 0) is 10.8 Å². The van der Waals surface area contributed by atoms with Crippen LogP contribution in [0.25, 0.3) is 76.9 Å². The van der Waals surface area contributed by atoms with Gasteiger partial charge >= 0.3 is 0 Å². The van der Waals surface area contributed by atoms with Crippen LogP contribution in [0, 0.1) is 0 Å². The summed E-state index contributed by atoms with van der Waals surface area (Å²) in [5.74, 6) is 0. The van der Waals surface area contributed by atoms with Gasteiger partial charge in [0, 0.05) is 27.4 Å². The van der Waals surface area contributed by atoms with Crippen molar-refractivity contribution in [1.29, 1.82) is 0 Å². The van der Waals surface area contributed by atoms with Crippen LogP contribution in [0.5, 0.6) is 0 Å². The molecule has 0 saturated carbocycles. The Hall–Kier alpha value is -6.90. The van der Waals surface area contributed by atoms with E-state index in [-0.39, 0.29) is 10.8 Å². The predicted molar refractivity (Wildman–Crippen MR) is 257 cm³/mol. The maximum absolute atomic E-state index is 6.36. The summed E-state index contributed by atoms with van der Waals surface area (Å²) in [7, 11) is 0. The summed E-state index contributed by atoms with van der Waals surface area (Å²) in [5.41, 5.74) is 14.9. The zero-order chi connectivity index (χ0) is 41.2. The smallest absolute Gasteiger partial charge is 0.136 e. The first-order chi connectivity index (χ1) is 29.0. The van der Waals surface area contributed by atoms with Gasteiger partial charge in [-0.3, -0.25) is 0 Å². The van der Waals surface area contributed by atoms with Gasteiger partial charge in [-0.05, 0) is 102 Å². The van der Waals surface area contributed by atoms with E-state index in [1.165, 1.54) is 54.9 Å². The van der Waals surface area contributed by atoms with Crippen molar-refractivity contribution < 1.29 is 4.42 Å². The molecule has 0 atom stereocenters. The van der Waals surface area contributed by atoms with Gasteiger partial charge in [0.05, 0.1) is 11.4 Å². The minimum Gasteiger partial charge on any atom is -0.456 e. The van der Waals surface area contributed by atoms with Gasteiger partial charge in [-0.15, -0.1) is 0 Å². The van der Waals surface area contributed by atoms with E-state index < -0.39 is 0 Å². The molecule has 60 heavy (non-hydrogen) atoms. The van der Waals surface area contributed by atoms with Crippen molar-refractivity contribution in [2.45, 2.75) is 52.4 Å². The van der Waals surface area contributed by atoms with Crippen molar-refractivity contribution in [1.82, 2.24) is 0 Å². The van der Waals surface area contributed by atoms with Crippen molar-refractivity contribution in [2.75, 3.05) is 4.90 Å². The van der Waals surface area contributed by atoms with E-state index in [0.29, 0.717) is 0 Å². The van der Waals surface area contributed by atoms with Gasteiger partial charge in [0.1, 0.15) is 11.2 Å². The first-order valence-corrected chi connectivity index (χ1v) is 21.1. The average molecular weight is 776 g/mol. The molecule has 0 radical (unpaired) electrons. The van der Waals surface area contributed by atoms with E-state index in [1.807, 2.05) is 6.07 Å². The summed E-state index contributed by atoms with van der Waals surface area (Å²) < 4.78 is 6.36. The molecule has 1 aromatic heterocycles. The summed E-state index contributed by atoms with van der Waals surface area (Å²) in [6, 6.07) is 68.9. The normalized spacial score (nSPS) is 12.2. The van der Waals surface area contributed by atoms with Crippen molar-refractivity contribution >= 4 is 60.5 Å². The van der Waals surface area contributed by atoms with Gasteiger partial charge in [0.15, 0.2) is 0 Å². The largest absolute Gasteiger partial charge is 0.456 e. The summed E-state index contributed by atoms with van der Waals surface area (Å²) in [5, 5.41) is 7.12. The van der Waals surface area contributed by atoms with E-state index in [0.717, 1.165) is 50.1 Å². The lowest BCUT2D eigenvalue weighted by atomic mass is 9.78. The Morgan fingerprint density at radius 1 is 0.367 bits per heavy atom. The maximum Gasteiger partial charge on any atom is 0.136 e. The van der Waals surface area contributed by atoms with Crippen molar-refractivity contribution in [2.24, 2.45) is 0 Å². The number of anilines is 3. The fraction of sp³-hybridized carbons (Fsp3) is 0.138. The molecule has 0 unspecified atom stereocenters. The SMILES string of the molecule is CC(C)(C)c1cc(-c2cccc3cccc(-c4ccccc4N(c4cccc(-c5cccc6oc7ccccc7c56)c4)c4cccc5ccccc45)c23)cc(C(C)(C)C)c1. The molecule has 0 amide bonds. The van der Waals surface area contributed by atoms with E-state index in [1.54, 1.807) is 0 Å². The Balaban J connectivity index is 1.23. The highest BCUT2D eigenvalue weighted by Gasteiger charge is 2.24. The minimum absolute atomic E-state index is 0.000241. The monoisotopic (exact) mass is 775 g/mol. The second-order valence-electron chi connectivity index (χ2n) is 18.2. The lowest BCUT2D eigenvalue weighted by Gasteiger charge is -2.30. The van der Waals surface area contributed by atoms with E-state index >= 15 is 0 Å². The third-order valence-corrected chi connectivity index (χ3v) is 12.1. The third kappa shape index (κ3) is 6.53. The van der Waals surface area contributed by atoms with Crippen molar-refractivity contribution in [3.8, 4) is 33.4 Å². The van der Waals surface area contributed by atoms with Crippen LogP contribution in [0.15, 0.2) is 192 Å². The minimum atomic E-state index is -0.000241. The molecule has 0 bridgehead atoms. The third-order valence-electron chi connectivity index (χ3n) is 12.1. The highest BCUT2D eigenvalue weighted by molar-refractivity contribution is 6.13. The van der Waals surface area contributed by atoms with Crippen LogP contribution in [-0.4, -0.2) is 0 Å². The average Bonchev–Trinajstić information content (AvgIpc) is 3.65. The predicted octanol–water partition coefficient (Wildman–Crippen LogP) is 17.0. The zero-order valence-electron chi connectivity index (χ0n) is 35.3. The molecule has 10 rings (SSSR count). The number of furan rings is 1. The lowest BCUT2D eigenvalue weighted by molar-refractivity contribution is 0.569. The highest BCUT2D eigenvalue weighted by Crippen LogP contribution is 2.48. The fourth-order valence-corrected chi connectivity index (χ4v) is 8.99. The molecule has 2 heteroatoms. The van der Waals surface area contributed by atoms with E-state index in [9.17, 15) is 0 Å². The van der Waals surface area contributed by atoms with Gasteiger partial charge in [-0.25, -0.2) is 0 Å². The van der Waals surface area contributed by atoms with Gasteiger partial charge < -0.3 is 9.32 Å². The number of fused-ring (bicyclic) bond motifs is 5. The highest BCUT2D eigenvalue weighted by atomic mass is 16.3. The molecule has 10 aromatic rings. The van der Waals surface area contributed by atoms with Crippen LogP contribution < -0.4 is 4.90 Å². The van der Waals surface area contributed by atoms with E-state index in [4.69, 9.17) is 4.42 Å². The van der Waals surface area contributed by atoms with Crippen LogP contribution in [0.4, 0.5) is 17.1 Å².